The highest BCUT2D eigenvalue weighted by Gasteiger charge is 2.25. The fourth-order valence-electron chi connectivity index (χ4n) is 4.17. The van der Waals surface area contributed by atoms with Crippen LogP contribution in [0.5, 0.6) is 0 Å². The van der Waals surface area contributed by atoms with E-state index in [1.54, 1.807) is 46.6 Å². The van der Waals surface area contributed by atoms with Crippen molar-refractivity contribution in [3.05, 3.63) is 86.8 Å². The molecule has 0 atom stereocenters. The lowest BCUT2D eigenvalue weighted by Gasteiger charge is -2.34. The van der Waals surface area contributed by atoms with Crippen LogP contribution in [0.15, 0.2) is 69.5 Å². The number of hydrogen-bond acceptors (Lipinski definition) is 11. The van der Waals surface area contributed by atoms with E-state index in [1.807, 2.05) is 19.2 Å². The van der Waals surface area contributed by atoms with E-state index in [0.717, 1.165) is 16.0 Å². The van der Waals surface area contributed by atoms with Gasteiger partial charge in [-0.05, 0) is 36.8 Å². The molecule has 0 aliphatic carbocycles. The fourth-order valence-corrected chi connectivity index (χ4v) is 4.96. The number of aryl methyl sites for hydroxylation is 1. The molecule has 0 radical (unpaired) electrons. The Kier molecular flexibility index (Phi) is 11.1. The SMILES string of the molecule is C=NN(Cc1cc(CN2CCN(C(=O)c3cccc(Cl)c3F)CC2)nc(/N=c2\sccn2O)c1)/N=C\C.Cn1ccnn1. The van der Waals surface area contributed by atoms with Crippen molar-refractivity contribution >= 4 is 47.6 Å². The van der Waals surface area contributed by atoms with Gasteiger partial charge in [-0.2, -0.15) is 25.0 Å². The Bertz CT molecular complexity index is 1620. The number of thiazole rings is 1. The number of carbonyl (C=O) groups is 1. The van der Waals surface area contributed by atoms with Gasteiger partial charge >= 0.3 is 0 Å². The number of halogens is 2. The van der Waals surface area contributed by atoms with Crippen molar-refractivity contribution in [1.82, 2.24) is 39.6 Å². The highest BCUT2D eigenvalue weighted by atomic mass is 35.5. The molecule has 3 aromatic heterocycles. The van der Waals surface area contributed by atoms with Crippen molar-refractivity contribution in [2.75, 3.05) is 26.2 Å². The Morgan fingerprint density at radius 3 is 2.65 bits per heavy atom. The van der Waals surface area contributed by atoms with Crippen LogP contribution in [0.1, 0.15) is 28.5 Å². The van der Waals surface area contributed by atoms with Crippen LogP contribution in [0.3, 0.4) is 0 Å². The molecule has 0 spiro atoms. The topological polar surface area (TPSA) is 133 Å². The molecule has 13 nitrogen and oxygen atoms in total. The number of pyridine rings is 1. The largest absolute Gasteiger partial charge is 0.426 e. The van der Waals surface area contributed by atoms with Crippen molar-refractivity contribution in [2.45, 2.75) is 20.0 Å². The Morgan fingerprint density at radius 1 is 1.26 bits per heavy atom. The average molecular weight is 628 g/mol. The molecule has 1 N–H and O–H groups in total. The van der Waals surface area contributed by atoms with Crippen LogP contribution in [0.4, 0.5) is 10.2 Å². The van der Waals surface area contributed by atoms with Crippen LogP contribution in [0, 0.1) is 5.82 Å². The lowest BCUT2D eigenvalue weighted by atomic mass is 10.1. The van der Waals surface area contributed by atoms with E-state index in [2.05, 4.69) is 42.1 Å². The molecule has 5 rings (SSSR count). The standard InChI is InChI=1S/C24H26ClFN8O2S.C3H5N3/c1-3-28-34(27-2)15-17-13-18(29-21(14-17)30-24-33(36)11-12-37-24)16-31-7-9-32(10-8-31)23(35)19-5-4-6-20(25)22(19)26;1-6-3-2-4-5-6/h3-6,11-14,36H,2,7-10,15-16H2,1H3;2-3H,1H3/b28-3-,30-24-;. The second-order valence-electron chi connectivity index (χ2n) is 9.26. The van der Waals surface area contributed by atoms with Gasteiger partial charge in [0.2, 0.25) is 4.80 Å². The number of carbonyl (C=O) groups excluding carboxylic acids is 1. The molecule has 0 bridgehead atoms. The summed E-state index contributed by atoms with van der Waals surface area (Å²) in [5.74, 6) is -0.630. The number of piperazine rings is 1. The molecular weight excluding hydrogens is 597 g/mol. The smallest absolute Gasteiger partial charge is 0.256 e. The Hall–Kier alpha value is -4.47. The zero-order valence-corrected chi connectivity index (χ0v) is 25.2. The summed E-state index contributed by atoms with van der Waals surface area (Å²) in [6.07, 6.45) is 6.54. The van der Waals surface area contributed by atoms with Crippen molar-refractivity contribution in [3.63, 3.8) is 0 Å². The Labute approximate surface area is 256 Å². The summed E-state index contributed by atoms with van der Waals surface area (Å²) in [5.41, 5.74) is 1.61. The van der Waals surface area contributed by atoms with E-state index in [-0.39, 0.29) is 16.5 Å². The van der Waals surface area contributed by atoms with Crippen LogP contribution < -0.4 is 4.80 Å². The second-order valence-corrected chi connectivity index (χ2v) is 10.5. The minimum Gasteiger partial charge on any atom is -0.426 e. The molecular formula is C27H31ClFN11O2S. The first-order valence-electron chi connectivity index (χ1n) is 13.2. The number of rotatable bonds is 8. The number of aromatic nitrogens is 5. The van der Waals surface area contributed by atoms with Crippen LogP contribution in [-0.4, -0.2) is 89.9 Å². The van der Waals surface area contributed by atoms with E-state index >= 15 is 0 Å². The van der Waals surface area contributed by atoms with Crippen molar-refractivity contribution in [2.24, 2.45) is 22.2 Å². The first kappa shape index (κ1) is 31.5. The Morgan fingerprint density at radius 2 is 2.05 bits per heavy atom. The summed E-state index contributed by atoms with van der Waals surface area (Å²) in [6, 6.07) is 8.19. The van der Waals surface area contributed by atoms with Gasteiger partial charge in [0.1, 0.15) is 0 Å². The number of nitrogens with zero attached hydrogens (tertiary/aromatic N) is 11. The van der Waals surface area contributed by atoms with Gasteiger partial charge in [0.05, 0.1) is 35.2 Å². The fraction of sp³-hybridized carbons (Fsp3) is 0.296. The van der Waals surface area contributed by atoms with Crippen LogP contribution >= 0.6 is 22.9 Å². The van der Waals surface area contributed by atoms with Crippen molar-refractivity contribution < 1.29 is 14.4 Å². The average Bonchev–Trinajstić information content (AvgIpc) is 3.65. The van der Waals surface area contributed by atoms with Gasteiger partial charge in [0, 0.05) is 64.3 Å². The molecule has 16 heteroatoms. The maximum absolute atomic E-state index is 14.3. The summed E-state index contributed by atoms with van der Waals surface area (Å²) in [5, 5.41) is 28.2. The lowest BCUT2D eigenvalue weighted by Crippen LogP contribution is -2.48. The van der Waals surface area contributed by atoms with E-state index in [9.17, 15) is 14.4 Å². The van der Waals surface area contributed by atoms with Crippen molar-refractivity contribution in [3.8, 4) is 0 Å². The molecule has 0 unspecified atom stereocenters. The zero-order valence-electron chi connectivity index (χ0n) is 23.7. The molecule has 43 heavy (non-hydrogen) atoms. The summed E-state index contributed by atoms with van der Waals surface area (Å²) in [4.78, 5) is 26.2. The molecule has 1 fully saturated rings. The number of hydrogen-bond donors (Lipinski definition) is 1. The minimum absolute atomic E-state index is 0.0219. The molecule has 1 amide bonds. The quantitative estimate of drug-likeness (QED) is 0.180. The maximum Gasteiger partial charge on any atom is 0.256 e. The predicted molar refractivity (Wildman–Crippen MR) is 162 cm³/mol. The van der Waals surface area contributed by atoms with Gasteiger partial charge in [0.25, 0.3) is 5.91 Å². The molecule has 226 valence electrons. The van der Waals surface area contributed by atoms with Gasteiger partial charge in [-0.3, -0.25) is 14.4 Å². The Balaban J connectivity index is 0.000000628. The van der Waals surface area contributed by atoms with Crippen molar-refractivity contribution in [1.29, 1.82) is 0 Å². The third-order valence-corrected chi connectivity index (χ3v) is 7.25. The van der Waals surface area contributed by atoms with Gasteiger partial charge in [0.15, 0.2) is 11.6 Å². The minimum atomic E-state index is -0.695. The predicted octanol–water partition coefficient (Wildman–Crippen LogP) is 3.40. The highest BCUT2D eigenvalue weighted by molar-refractivity contribution is 7.07. The third kappa shape index (κ3) is 8.76. The molecule has 1 aliphatic rings. The van der Waals surface area contributed by atoms with E-state index in [1.165, 1.54) is 34.8 Å². The monoisotopic (exact) mass is 627 g/mol. The molecule has 1 aliphatic heterocycles. The highest BCUT2D eigenvalue weighted by Crippen LogP contribution is 2.21. The summed E-state index contributed by atoms with van der Waals surface area (Å²) in [6.45, 7) is 8.31. The van der Waals surface area contributed by atoms with Gasteiger partial charge in [-0.25, -0.2) is 9.37 Å². The van der Waals surface area contributed by atoms with Gasteiger partial charge in [-0.1, -0.05) is 22.9 Å². The molecule has 4 aromatic rings. The second kappa shape index (κ2) is 15.1. The number of benzene rings is 1. The van der Waals surface area contributed by atoms with Gasteiger partial charge < -0.3 is 10.1 Å². The summed E-state index contributed by atoms with van der Waals surface area (Å²) >= 11 is 7.13. The molecule has 0 saturated carbocycles. The first-order valence-corrected chi connectivity index (χ1v) is 14.4. The first-order chi connectivity index (χ1) is 20.8. The molecule has 1 saturated heterocycles. The molecule has 1 aromatic carbocycles. The lowest BCUT2D eigenvalue weighted by molar-refractivity contribution is 0.0622. The van der Waals surface area contributed by atoms with Crippen LogP contribution in [-0.2, 0) is 20.1 Å². The maximum atomic E-state index is 14.3. The summed E-state index contributed by atoms with van der Waals surface area (Å²) in [7, 11) is 1.83. The van der Waals surface area contributed by atoms with Crippen LogP contribution in [0.2, 0.25) is 5.02 Å². The van der Waals surface area contributed by atoms with E-state index in [4.69, 9.17) is 11.6 Å². The van der Waals surface area contributed by atoms with Crippen LogP contribution in [0.25, 0.3) is 0 Å². The van der Waals surface area contributed by atoms with E-state index in [0.29, 0.717) is 49.9 Å². The normalized spacial score (nSPS) is 14.0. The van der Waals surface area contributed by atoms with Gasteiger partial charge in [-0.15, -0.1) is 16.4 Å². The molecule has 4 heterocycles. The number of amides is 1. The summed E-state index contributed by atoms with van der Waals surface area (Å²) < 4.78 is 16.9. The zero-order chi connectivity index (χ0) is 30.8. The van der Waals surface area contributed by atoms with E-state index < -0.39 is 5.82 Å². The number of hydrazone groups is 2. The third-order valence-electron chi connectivity index (χ3n) is 6.21.